The van der Waals surface area contributed by atoms with E-state index in [9.17, 15) is 0 Å². The maximum atomic E-state index is 5.31. The van der Waals surface area contributed by atoms with Crippen LogP contribution >= 0.6 is 12.2 Å². The minimum atomic E-state index is 0.390. The Bertz CT molecular complexity index is 192. The molecule has 0 saturated carbocycles. The van der Waals surface area contributed by atoms with Crippen molar-refractivity contribution in [3.63, 3.8) is 0 Å². The van der Waals surface area contributed by atoms with Crippen molar-refractivity contribution in [1.29, 1.82) is 0 Å². The molecule has 2 heteroatoms. The third kappa shape index (κ3) is 9.18. The van der Waals surface area contributed by atoms with Crippen molar-refractivity contribution in [2.45, 2.75) is 20.3 Å². The van der Waals surface area contributed by atoms with Crippen molar-refractivity contribution in [3.8, 4) is 0 Å². The van der Waals surface area contributed by atoms with Crippen LogP contribution in [-0.2, 0) is 0 Å². The Hall–Kier alpha value is -0.730. The molecule has 0 saturated heterocycles. The van der Waals surface area contributed by atoms with Gasteiger partial charge in [0.15, 0.2) is 0 Å². The zero-order valence-corrected chi connectivity index (χ0v) is 9.36. The molecule has 74 valence electrons. The van der Waals surface area contributed by atoms with Gasteiger partial charge in [-0.15, -0.1) is 0 Å². The van der Waals surface area contributed by atoms with E-state index in [1.54, 1.807) is 18.2 Å². The molecule has 0 fully saturated rings. The highest BCUT2D eigenvalue weighted by atomic mass is 32.1. The van der Waals surface area contributed by atoms with E-state index in [0.717, 1.165) is 10.4 Å². The molecule has 0 heterocycles. The smallest absolute Gasteiger partial charge is 0.0360 e. The summed E-state index contributed by atoms with van der Waals surface area (Å²) in [5.74, 6) is 0. The third-order valence-corrected chi connectivity index (χ3v) is 1.43. The number of nitrogens with two attached hydrogens (primary N) is 1. The quantitative estimate of drug-likeness (QED) is 0.426. The highest BCUT2D eigenvalue weighted by Crippen LogP contribution is 1.98. The summed E-state index contributed by atoms with van der Waals surface area (Å²) in [4.78, 5) is 0.718. The van der Waals surface area contributed by atoms with E-state index in [1.165, 1.54) is 6.42 Å². The van der Waals surface area contributed by atoms with Crippen molar-refractivity contribution in [3.05, 3.63) is 37.0 Å². The summed E-state index contributed by atoms with van der Waals surface area (Å²) in [7, 11) is 0. The lowest BCUT2D eigenvalue weighted by atomic mass is 10.2. The van der Waals surface area contributed by atoms with Gasteiger partial charge in [-0.1, -0.05) is 63.9 Å². The number of thiocarbonyl (C=S) groups is 1. The van der Waals surface area contributed by atoms with Crippen molar-refractivity contribution in [1.82, 2.24) is 0 Å². The molecule has 0 spiro atoms. The molecule has 0 aliphatic heterocycles. The first-order valence-electron chi connectivity index (χ1n) is 4.36. The van der Waals surface area contributed by atoms with E-state index in [-0.39, 0.29) is 0 Å². The van der Waals surface area contributed by atoms with E-state index in [0.29, 0.717) is 6.54 Å². The second-order valence-electron chi connectivity index (χ2n) is 2.40. The van der Waals surface area contributed by atoms with Crippen LogP contribution in [0, 0.1) is 0 Å². The lowest BCUT2D eigenvalue weighted by molar-refractivity contribution is 1.09. The van der Waals surface area contributed by atoms with Crippen molar-refractivity contribution in [2.75, 3.05) is 6.54 Å². The molecule has 0 radical (unpaired) electrons. The van der Waals surface area contributed by atoms with Gasteiger partial charge in [-0.05, 0) is 5.57 Å². The van der Waals surface area contributed by atoms with Gasteiger partial charge in [-0.3, -0.25) is 0 Å². The molecule has 0 aromatic heterocycles. The largest absolute Gasteiger partial charge is 0.326 e. The molecule has 2 N–H and O–H groups in total. The SMILES string of the molecule is C=C/C=C(\C=C)C(=S)CN.CCC. The Morgan fingerprint density at radius 2 is 1.85 bits per heavy atom. The van der Waals surface area contributed by atoms with E-state index in [4.69, 9.17) is 18.0 Å². The van der Waals surface area contributed by atoms with E-state index in [1.807, 2.05) is 0 Å². The molecule has 0 bridgehead atoms. The molecular weight excluding hydrogens is 178 g/mol. The summed E-state index contributed by atoms with van der Waals surface area (Å²) in [5.41, 5.74) is 6.20. The van der Waals surface area contributed by atoms with Gasteiger partial charge in [-0.25, -0.2) is 0 Å². The van der Waals surface area contributed by atoms with Crippen LogP contribution in [0.4, 0.5) is 0 Å². The molecule has 0 amide bonds. The number of rotatable bonds is 4. The fraction of sp³-hybridized carbons (Fsp3) is 0.364. The standard InChI is InChI=1S/C8H11NS.C3H8/c1-3-5-7(4-2)8(10)6-9;1-3-2/h3-5H,1-2,6,9H2;3H2,1-2H3/b7-5+;. The van der Waals surface area contributed by atoms with Crippen LogP contribution in [0.3, 0.4) is 0 Å². The van der Waals surface area contributed by atoms with Gasteiger partial charge >= 0.3 is 0 Å². The van der Waals surface area contributed by atoms with Crippen molar-refractivity contribution >= 4 is 17.1 Å². The number of hydrogen-bond donors (Lipinski definition) is 1. The molecule has 0 atom stereocenters. The van der Waals surface area contributed by atoms with Crippen LogP contribution in [0.1, 0.15) is 20.3 Å². The Labute approximate surface area is 87.0 Å². The van der Waals surface area contributed by atoms with Crippen LogP contribution in [0.2, 0.25) is 0 Å². The monoisotopic (exact) mass is 197 g/mol. The van der Waals surface area contributed by atoms with Gasteiger partial charge in [0.2, 0.25) is 0 Å². The Kier molecular flexibility index (Phi) is 12.8. The molecule has 13 heavy (non-hydrogen) atoms. The topological polar surface area (TPSA) is 26.0 Å². The maximum Gasteiger partial charge on any atom is 0.0360 e. The van der Waals surface area contributed by atoms with Crippen LogP contribution in [-0.4, -0.2) is 11.4 Å². The van der Waals surface area contributed by atoms with Gasteiger partial charge in [-0.2, -0.15) is 0 Å². The summed E-state index contributed by atoms with van der Waals surface area (Å²) in [6, 6.07) is 0. The minimum Gasteiger partial charge on any atom is -0.326 e. The number of allylic oxidation sites excluding steroid dienone is 3. The first-order valence-corrected chi connectivity index (χ1v) is 4.77. The summed E-state index contributed by atoms with van der Waals surface area (Å²) >= 11 is 4.93. The minimum absolute atomic E-state index is 0.390. The summed E-state index contributed by atoms with van der Waals surface area (Å²) in [5, 5.41) is 0. The zero-order valence-electron chi connectivity index (χ0n) is 8.55. The molecule has 0 unspecified atom stereocenters. The van der Waals surface area contributed by atoms with E-state index < -0.39 is 0 Å². The van der Waals surface area contributed by atoms with Gasteiger partial charge in [0.25, 0.3) is 0 Å². The Morgan fingerprint density at radius 3 is 2.08 bits per heavy atom. The fourth-order valence-corrected chi connectivity index (χ4v) is 0.671. The second-order valence-corrected chi connectivity index (χ2v) is 2.89. The molecule has 0 aromatic carbocycles. The second kappa shape index (κ2) is 11.3. The molecular formula is C11H19NS. The third-order valence-electron chi connectivity index (χ3n) is 1.02. The lowest BCUT2D eigenvalue weighted by Gasteiger charge is -1.97. The van der Waals surface area contributed by atoms with Crippen molar-refractivity contribution in [2.24, 2.45) is 5.73 Å². The molecule has 1 nitrogen and oxygen atoms in total. The van der Waals surface area contributed by atoms with Gasteiger partial charge in [0.1, 0.15) is 0 Å². The van der Waals surface area contributed by atoms with Gasteiger partial charge in [0.05, 0.1) is 0 Å². The Morgan fingerprint density at radius 1 is 1.38 bits per heavy atom. The van der Waals surface area contributed by atoms with Crippen LogP contribution < -0.4 is 5.73 Å². The van der Waals surface area contributed by atoms with Crippen LogP contribution in [0.5, 0.6) is 0 Å². The fourth-order valence-electron chi connectivity index (χ4n) is 0.520. The predicted octanol–water partition coefficient (Wildman–Crippen LogP) is 3.03. The maximum absolute atomic E-state index is 5.31. The summed E-state index contributed by atoms with van der Waals surface area (Å²) in [6.07, 6.45) is 6.39. The lowest BCUT2D eigenvalue weighted by Crippen LogP contribution is -2.12. The molecule has 0 aliphatic carbocycles. The highest BCUT2D eigenvalue weighted by molar-refractivity contribution is 7.81. The van der Waals surface area contributed by atoms with E-state index >= 15 is 0 Å². The first-order chi connectivity index (χ1) is 6.17. The van der Waals surface area contributed by atoms with Crippen LogP contribution in [0.25, 0.3) is 0 Å². The number of hydrogen-bond acceptors (Lipinski definition) is 2. The summed E-state index contributed by atoms with van der Waals surface area (Å²) in [6.45, 7) is 11.8. The zero-order chi connectivity index (χ0) is 10.7. The average molecular weight is 197 g/mol. The predicted molar refractivity (Wildman–Crippen MR) is 66.1 cm³/mol. The first kappa shape index (κ1) is 14.8. The molecule has 0 aromatic rings. The average Bonchev–Trinajstić information content (AvgIpc) is 2.14. The molecule has 0 rings (SSSR count). The highest BCUT2D eigenvalue weighted by Gasteiger charge is 1.94. The normalized spacial score (nSPS) is 9.62. The van der Waals surface area contributed by atoms with Gasteiger partial charge < -0.3 is 5.73 Å². The Balaban J connectivity index is 0. The van der Waals surface area contributed by atoms with Gasteiger partial charge in [0, 0.05) is 11.4 Å². The summed E-state index contributed by atoms with van der Waals surface area (Å²) < 4.78 is 0. The van der Waals surface area contributed by atoms with Crippen LogP contribution in [0.15, 0.2) is 37.0 Å². The molecule has 0 aliphatic rings. The van der Waals surface area contributed by atoms with E-state index in [2.05, 4.69) is 27.0 Å². The van der Waals surface area contributed by atoms with Crippen molar-refractivity contribution < 1.29 is 0 Å².